The van der Waals surface area contributed by atoms with Gasteiger partial charge in [0, 0.05) is 30.2 Å². The zero-order valence-corrected chi connectivity index (χ0v) is 17.3. The van der Waals surface area contributed by atoms with E-state index in [0.29, 0.717) is 36.7 Å². The van der Waals surface area contributed by atoms with E-state index in [1.165, 1.54) is 10.9 Å². The van der Waals surface area contributed by atoms with Crippen molar-refractivity contribution in [3.8, 4) is 0 Å². The minimum Gasteiger partial charge on any atom is -0.333 e. The SMILES string of the molecule is Cc1cccc(F)c1C(=O)Nc1ccc(C2=C(Cl)CCN(c3nnn(C)n3)C2)cc1. The fraction of sp³-hybridized carbons (Fsp3) is 0.238. The van der Waals surface area contributed by atoms with Gasteiger partial charge in [-0.05, 0) is 47.0 Å². The molecule has 30 heavy (non-hydrogen) atoms. The van der Waals surface area contributed by atoms with Crippen LogP contribution >= 0.6 is 11.6 Å². The molecule has 9 heteroatoms. The number of tetrazole rings is 1. The van der Waals surface area contributed by atoms with E-state index in [2.05, 4.69) is 20.7 Å². The first-order chi connectivity index (χ1) is 14.4. The summed E-state index contributed by atoms with van der Waals surface area (Å²) in [7, 11) is 1.72. The van der Waals surface area contributed by atoms with E-state index in [0.717, 1.165) is 16.2 Å². The number of aryl methyl sites for hydroxylation is 2. The summed E-state index contributed by atoms with van der Waals surface area (Å²) in [5.41, 5.74) is 3.12. The topological polar surface area (TPSA) is 75.9 Å². The van der Waals surface area contributed by atoms with Crippen molar-refractivity contribution < 1.29 is 9.18 Å². The number of amides is 1. The molecule has 1 aliphatic rings. The Labute approximate surface area is 178 Å². The second kappa shape index (κ2) is 8.23. The standard InChI is InChI=1S/C21H20ClFN6O/c1-13-4-3-5-18(23)19(13)20(30)24-15-8-6-14(7-9-15)16-12-29(11-10-17(16)22)21-25-27-28(2)26-21/h3-9H,10-12H2,1-2H3,(H,24,30). The van der Waals surface area contributed by atoms with Gasteiger partial charge in [-0.2, -0.15) is 4.80 Å². The largest absolute Gasteiger partial charge is 0.333 e. The smallest absolute Gasteiger partial charge is 0.266 e. The molecule has 0 unspecified atom stereocenters. The van der Waals surface area contributed by atoms with Crippen molar-refractivity contribution in [1.82, 2.24) is 20.2 Å². The number of nitrogens with zero attached hydrogens (tertiary/aromatic N) is 5. The fourth-order valence-corrected chi connectivity index (χ4v) is 3.68. The van der Waals surface area contributed by atoms with Gasteiger partial charge in [0.1, 0.15) is 5.82 Å². The lowest BCUT2D eigenvalue weighted by atomic mass is 10.0. The minimum atomic E-state index is -0.541. The van der Waals surface area contributed by atoms with Crippen LogP contribution in [0.5, 0.6) is 0 Å². The highest BCUT2D eigenvalue weighted by atomic mass is 35.5. The maximum absolute atomic E-state index is 14.0. The molecule has 4 rings (SSSR count). The van der Waals surface area contributed by atoms with Crippen LogP contribution in [0.2, 0.25) is 0 Å². The number of hydrogen-bond donors (Lipinski definition) is 1. The first-order valence-corrected chi connectivity index (χ1v) is 9.83. The highest BCUT2D eigenvalue weighted by Gasteiger charge is 2.22. The Morgan fingerprint density at radius 1 is 1.20 bits per heavy atom. The van der Waals surface area contributed by atoms with E-state index >= 15 is 0 Å². The maximum Gasteiger partial charge on any atom is 0.266 e. The predicted molar refractivity (Wildman–Crippen MR) is 114 cm³/mol. The van der Waals surface area contributed by atoms with E-state index in [9.17, 15) is 9.18 Å². The number of carbonyl (C=O) groups excluding carboxylic acids is 1. The van der Waals surface area contributed by atoms with Crippen LogP contribution in [0.25, 0.3) is 5.57 Å². The van der Waals surface area contributed by atoms with Crippen molar-refractivity contribution in [2.24, 2.45) is 7.05 Å². The van der Waals surface area contributed by atoms with Gasteiger partial charge in [-0.15, -0.1) is 5.10 Å². The van der Waals surface area contributed by atoms with E-state index in [1.54, 1.807) is 38.2 Å². The molecule has 0 atom stereocenters. The van der Waals surface area contributed by atoms with Gasteiger partial charge < -0.3 is 10.2 Å². The highest BCUT2D eigenvalue weighted by Crippen LogP contribution is 2.31. The Kier molecular flexibility index (Phi) is 5.50. The average Bonchev–Trinajstić information content (AvgIpc) is 3.15. The first-order valence-electron chi connectivity index (χ1n) is 9.46. The number of nitrogens with one attached hydrogen (secondary N) is 1. The summed E-state index contributed by atoms with van der Waals surface area (Å²) in [6.07, 6.45) is 0.681. The number of carbonyl (C=O) groups is 1. The van der Waals surface area contributed by atoms with Crippen LogP contribution in [0, 0.1) is 12.7 Å². The molecular weight excluding hydrogens is 407 g/mol. The number of hydrogen-bond acceptors (Lipinski definition) is 5. The lowest BCUT2D eigenvalue weighted by Crippen LogP contribution is -2.31. The number of benzene rings is 2. The predicted octanol–water partition coefficient (Wildman–Crippen LogP) is 3.77. The molecule has 3 aromatic rings. The van der Waals surface area contributed by atoms with E-state index in [1.807, 2.05) is 17.0 Å². The second-order valence-electron chi connectivity index (χ2n) is 7.10. The molecule has 0 aliphatic carbocycles. The fourth-order valence-electron chi connectivity index (χ4n) is 3.43. The molecule has 0 bridgehead atoms. The molecule has 154 valence electrons. The van der Waals surface area contributed by atoms with Gasteiger partial charge >= 0.3 is 0 Å². The summed E-state index contributed by atoms with van der Waals surface area (Å²) < 4.78 is 14.0. The quantitative estimate of drug-likeness (QED) is 0.687. The monoisotopic (exact) mass is 426 g/mol. The van der Waals surface area contributed by atoms with Crippen LogP contribution < -0.4 is 10.2 Å². The van der Waals surface area contributed by atoms with Crippen molar-refractivity contribution >= 4 is 34.7 Å². The van der Waals surface area contributed by atoms with Crippen molar-refractivity contribution in [3.05, 3.63) is 70.0 Å². The molecule has 2 heterocycles. The first kappa shape index (κ1) is 20.0. The molecular formula is C21H20ClFN6O. The maximum atomic E-state index is 14.0. The van der Waals surface area contributed by atoms with Crippen molar-refractivity contribution in [2.75, 3.05) is 23.3 Å². The Hall–Kier alpha value is -3.26. The summed E-state index contributed by atoms with van der Waals surface area (Å²) in [5.74, 6) is -0.461. The molecule has 0 saturated carbocycles. The molecule has 1 aromatic heterocycles. The lowest BCUT2D eigenvalue weighted by molar-refractivity contribution is 0.102. The summed E-state index contributed by atoms with van der Waals surface area (Å²) >= 11 is 6.49. The van der Waals surface area contributed by atoms with Gasteiger partial charge in [0.25, 0.3) is 11.9 Å². The van der Waals surface area contributed by atoms with Crippen LogP contribution in [0.15, 0.2) is 47.5 Å². The van der Waals surface area contributed by atoms with E-state index in [4.69, 9.17) is 11.6 Å². The zero-order chi connectivity index (χ0) is 21.3. The summed E-state index contributed by atoms with van der Waals surface area (Å²) in [4.78, 5) is 15.9. The van der Waals surface area contributed by atoms with Gasteiger partial charge in [-0.1, -0.05) is 41.0 Å². The Morgan fingerprint density at radius 2 is 1.97 bits per heavy atom. The van der Waals surface area contributed by atoms with E-state index in [-0.39, 0.29) is 5.56 Å². The Bertz CT molecular complexity index is 1100. The Balaban J connectivity index is 1.51. The molecule has 2 aromatic carbocycles. The summed E-state index contributed by atoms with van der Waals surface area (Å²) in [6.45, 7) is 2.98. The van der Waals surface area contributed by atoms with Gasteiger partial charge in [0.15, 0.2) is 0 Å². The van der Waals surface area contributed by atoms with Crippen LogP contribution in [0.4, 0.5) is 16.0 Å². The molecule has 1 N–H and O–H groups in total. The van der Waals surface area contributed by atoms with Crippen molar-refractivity contribution in [3.63, 3.8) is 0 Å². The van der Waals surface area contributed by atoms with Crippen LogP contribution in [0.1, 0.15) is 27.9 Å². The Morgan fingerprint density at radius 3 is 2.63 bits per heavy atom. The zero-order valence-electron chi connectivity index (χ0n) is 16.6. The van der Waals surface area contributed by atoms with Gasteiger partial charge in [-0.3, -0.25) is 4.79 Å². The minimum absolute atomic E-state index is 0.0479. The number of halogens is 2. The van der Waals surface area contributed by atoms with Gasteiger partial charge in [0.05, 0.1) is 12.6 Å². The molecule has 0 fully saturated rings. The number of anilines is 2. The summed E-state index contributed by atoms with van der Waals surface area (Å²) in [6, 6.07) is 11.9. The average molecular weight is 427 g/mol. The van der Waals surface area contributed by atoms with Crippen LogP contribution in [-0.4, -0.2) is 39.2 Å². The van der Waals surface area contributed by atoms with Crippen molar-refractivity contribution in [1.29, 1.82) is 0 Å². The second-order valence-corrected chi connectivity index (χ2v) is 7.55. The number of aromatic nitrogens is 4. The molecule has 1 aliphatic heterocycles. The molecule has 0 saturated heterocycles. The summed E-state index contributed by atoms with van der Waals surface area (Å²) in [5, 5.41) is 15.7. The van der Waals surface area contributed by atoms with Gasteiger partial charge in [-0.25, -0.2) is 4.39 Å². The van der Waals surface area contributed by atoms with Crippen LogP contribution in [-0.2, 0) is 7.05 Å². The van der Waals surface area contributed by atoms with E-state index < -0.39 is 11.7 Å². The third-order valence-electron chi connectivity index (χ3n) is 5.00. The van der Waals surface area contributed by atoms with Gasteiger partial charge in [0.2, 0.25) is 0 Å². The normalized spacial score (nSPS) is 14.2. The van der Waals surface area contributed by atoms with Crippen LogP contribution in [0.3, 0.4) is 0 Å². The molecule has 0 spiro atoms. The number of rotatable bonds is 4. The lowest BCUT2D eigenvalue weighted by Gasteiger charge is -2.28. The highest BCUT2D eigenvalue weighted by molar-refractivity contribution is 6.33. The molecule has 1 amide bonds. The molecule has 7 nitrogen and oxygen atoms in total. The molecule has 0 radical (unpaired) electrons. The third kappa shape index (κ3) is 4.04. The third-order valence-corrected chi connectivity index (χ3v) is 5.42. The van der Waals surface area contributed by atoms with Crippen molar-refractivity contribution in [2.45, 2.75) is 13.3 Å².